The van der Waals surface area contributed by atoms with Gasteiger partial charge in [0.25, 0.3) is 0 Å². The van der Waals surface area contributed by atoms with E-state index in [1.807, 2.05) is 31.2 Å². The quantitative estimate of drug-likeness (QED) is 0.914. The minimum Gasteiger partial charge on any atom is -0.481 e. The Labute approximate surface area is 111 Å². The van der Waals surface area contributed by atoms with Crippen molar-refractivity contribution >= 4 is 5.97 Å². The monoisotopic (exact) mass is 259 g/mol. The maximum absolute atomic E-state index is 11.2. The molecule has 0 aliphatic heterocycles. The van der Waals surface area contributed by atoms with Gasteiger partial charge < -0.3 is 5.11 Å². The van der Waals surface area contributed by atoms with E-state index in [0.717, 1.165) is 16.9 Å². The fourth-order valence-electron chi connectivity index (χ4n) is 1.81. The molecule has 2 aromatic rings. The van der Waals surface area contributed by atoms with Crippen molar-refractivity contribution in [2.75, 3.05) is 0 Å². The summed E-state index contributed by atoms with van der Waals surface area (Å²) in [4.78, 5) is 11.2. The number of hydrogen-bond donors (Lipinski definition) is 1. The number of carboxylic acids is 1. The minimum absolute atomic E-state index is 0.378. The molecule has 0 fully saturated rings. The normalized spacial score (nSPS) is 11.5. The van der Waals surface area contributed by atoms with Crippen molar-refractivity contribution in [3.8, 4) is 5.69 Å². The molecular weight excluding hydrogens is 242 g/mol. The Hall–Kier alpha value is -2.17. The second-order valence-corrected chi connectivity index (χ2v) is 5.34. The highest BCUT2D eigenvalue weighted by atomic mass is 16.4. The van der Waals surface area contributed by atoms with Crippen LogP contribution in [0.5, 0.6) is 0 Å². The van der Waals surface area contributed by atoms with E-state index in [1.165, 1.54) is 0 Å². The van der Waals surface area contributed by atoms with Crippen molar-refractivity contribution in [1.29, 1.82) is 0 Å². The summed E-state index contributed by atoms with van der Waals surface area (Å²) >= 11 is 0. The number of rotatable bonds is 4. The lowest BCUT2D eigenvalue weighted by Crippen LogP contribution is -2.27. The van der Waals surface area contributed by atoms with Crippen LogP contribution in [0.3, 0.4) is 0 Å². The van der Waals surface area contributed by atoms with Gasteiger partial charge in [0.2, 0.25) is 0 Å². The van der Waals surface area contributed by atoms with E-state index in [4.69, 9.17) is 0 Å². The zero-order chi connectivity index (χ0) is 14.0. The predicted molar refractivity (Wildman–Crippen MR) is 71.2 cm³/mol. The van der Waals surface area contributed by atoms with Crippen molar-refractivity contribution in [1.82, 2.24) is 15.0 Å². The summed E-state index contributed by atoms with van der Waals surface area (Å²) in [6, 6.07) is 7.87. The van der Waals surface area contributed by atoms with Crippen LogP contribution in [0.4, 0.5) is 0 Å². The first-order valence-corrected chi connectivity index (χ1v) is 6.10. The molecule has 1 aromatic carbocycles. The van der Waals surface area contributed by atoms with Gasteiger partial charge in [-0.2, -0.15) is 0 Å². The SMILES string of the molecule is Cc1ccc(-n2nncc2CC(C)(C)C(=O)O)cc1. The van der Waals surface area contributed by atoms with Gasteiger partial charge in [0.1, 0.15) is 0 Å². The fourth-order valence-corrected chi connectivity index (χ4v) is 1.81. The Morgan fingerprint density at radius 2 is 1.95 bits per heavy atom. The van der Waals surface area contributed by atoms with Crippen LogP contribution in [0, 0.1) is 12.3 Å². The highest BCUT2D eigenvalue weighted by molar-refractivity contribution is 5.73. The average molecular weight is 259 g/mol. The molecule has 0 aliphatic rings. The molecule has 0 atom stereocenters. The molecule has 5 heteroatoms. The fraction of sp³-hybridized carbons (Fsp3) is 0.357. The lowest BCUT2D eigenvalue weighted by atomic mass is 9.88. The van der Waals surface area contributed by atoms with E-state index in [0.29, 0.717) is 6.42 Å². The van der Waals surface area contributed by atoms with Crippen LogP contribution in [-0.2, 0) is 11.2 Å². The number of aryl methyl sites for hydroxylation is 1. The molecule has 0 aliphatic carbocycles. The third-order valence-corrected chi connectivity index (χ3v) is 3.10. The van der Waals surface area contributed by atoms with Gasteiger partial charge in [0.15, 0.2) is 0 Å². The maximum atomic E-state index is 11.2. The summed E-state index contributed by atoms with van der Waals surface area (Å²) in [5, 5.41) is 17.1. The summed E-state index contributed by atoms with van der Waals surface area (Å²) in [7, 11) is 0. The van der Waals surface area contributed by atoms with Crippen LogP contribution in [0.25, 0.3) is 5.69 Å². The average Bonchev–Trinajstić information content (AvgIpc) is 2.77. The summed E-state index contributed by atoms with van der Waals surface area (Å²) in [6.07, 6.45) is 1.99. The van der Waals surface area contributed by atoms with Gasteiger partial charge in [0, 0.05) is 6.42 Å². The third-order valence-electron chi connectivity index (χ3n) is 3.10. The van der Waals surface area contributed by atoms with Gasteiger partial charge in [-0.3, -0.25) is 4.79 Å². The summed E-state index contributed by atoms with van der Waals surface area (Å²) in [5.41, 5.74) is 2.00. The summed E-state index contributed by atoms with van der Waals surface area (Å²) in [6.45, 7) is 5.41. The number of aliphatic carboxylic acids is 1. The van der Waals surface area contributed by atoms with E-state index in [-0.39, 0.29) is 0 Å². The van der Waals surface area contributed by atoms with Gasteiger partial charge in [0.05, 0.1) is 23.0 Å². The number of carboxylic acid groups (broad SMARTS) is 1. The Balaban J connectivity index is 2.33. The lowest BCUT2D eigenvalue weighted by Gasteiger charge is -2.19. The second kappa shape index (κ2) is 4.84. The Bertz CT molecular complexity index is 585. The predicted octanol–water partition coefficient (Wildman–Crippen LogP) is 2.23. The second-order valence-electron chi connectivity index (χ2n) is 5.34. The van der Waals surface area contributed by atoms with Gasteiger partial charge >= 0.3 is 5.97 Å². The van der Waals surface area contributed by atoms with E-state index in [9.17, 15) is 9.90 Å². The molecule has 0 spiro atoms. The van der Waals surface area contributed by atoms with Gasteiger partial charge in [-0.1, -0.05) is 22.9 Å². The van der Waals surface area contributed by atoms with Crippen LogP contribution in [-0.4, -0.2) is 26.1 Å². The molecule has 1 heterocycles. The van der Waals surface area contributed by atoms with E-state index < -0.39 is 11.4 Å². The third kappa shape index (κ3) is 2.81. The van der Waals surface area contributed by atoms with E-state index in [2.05, 4.69) is 10.3 Å². The molecule has 0 saturated heterocycles. The van der Waals surface area contributed by atoms with Crippen molar-refractivity contribution < 1.29 is 9.90 Å². The first-order chi connectivity index (χ1) is 8.90. The molecule has 0 unspecified atom stereocenters. The number of hydrogen-bond acceptors (Lipinski definition) is 3. The van der Waals surface area contributed by atoms with Crippen LogP contribution in [0.15, 0.2) is 30.5 Å². The van der Waals surface area contributed by atoms with Gasteiger partial charge in [-0.05, 0) is 32.9 Å². The molecule has 5 nitrogen and oxygen atoms in total. The van der Waals surface area contributed by atoms with Crippen molar-refractivity contribution in [3.63, 3.8) is 0 Å². The van der Waals surface area contributed by atoms with Crippen LogP contribution >= 0.6 is 0 Å². The zero-order valence-corrected chi connectivity index (χ0v) is 11.3. The van der Waals surface area contributed by atoms with Crippen molar-refractivity contribution in [2.24, 2.45) is 5.41 Å². The molecule has 2 rings (SSSR count). The minimum atomic E-state index is -0.843. The Morgan fingerprint density at radius 3 is 2.53 bits per heavy atom. The summed E-state index contributed by atoms with van der Waals surface area (Å²) in [5.74, 6) is -0.829. The van der Waals surface area contributed by atoms with Crippen molar-refractivity contribution in [3.05, 3.63) is 41.7 Å². The van der Waals surface area contributed by atoms with Crippen LogP contribution in [0.2, 0.25) is 0 Å². The molecule has 0 saturated carbocycles. The largest absolute Gasteiger partial charge is 0.481 e. The topological polar surface area (TPSA) is 68.0 Å². The molecule has 0 radical (unpaired) electrons. The molecule has 0 amide bonds. The summed E-state index contributed by atoms with van der Waals surface area (Å²) < 4.78 is 1.68. The lowest BCUT2D eigenvalue weighted by molar-refractivity contribution is -0.146. The van der Waals surface area contributed by atoms with Crippen LogP contribution < -0.4 is 0 Å². The van der Waals surface area contributed by atoms with Gasteiger partial charge in [-0.25, -0.2) is 4.68 Å². The van der Waals surface area contributed by atoms with Crippen LogP contribution in [0.1, 0.15) is 25.1 Å². The Morgan fingerprint density at radius 1 is 1.32 bits per heavy atom. The highest BCUT2D eigenvalue weighted by Gasteiger charge is 2.29. The zero-order valence-electron chi connectivity index (χ0n) is 11.3. The molecule has 1 aromatic heterocycles. The van der Waals surface area contributed by atoms with E-state index >= 15 is 0 Å². The number of nitrogens with zero attached hydrogens (tertiary/aromatic N) is 3. The number of carbonyl (C=O) groups is 1. The molecule has 1 N–H and O–H groups in total. The number of aromatic nitrogens is 3. The molecule has 19 heavy (non-hydrogen) atoms. The van der Waals surface area contributed by atoms with E-state index in [1.54, 1.807) is 24.7 Å². The standard InChI is InChI=1S/C14H17N3O2/c1-10-4-6-11(7-5-10)17-12(9-15-16-17)8-14(2,3)13(18)19/h4-7,9H,8H2,1-3H3,(H,18,19). The molecule has 0 bridgehead atoms. The smallest absolute Gasteiger partial charge is 0.309 e. The number of benzene rings is 1. The first-order valence-electron chi connectivity index (χ1n) is 6.10. The maximum Gasteiger partial charge on any atom is 0.309 e. The molecular formula is C14H17N3O2. The van der Waals surface area contributed by atoms with Crippen molar-refractivity contribution in [2.45, 2.75) is 27.2 Å². The highest BCUT2D eigenvalue weighted by Crippen LogP contribution is 2.23. The first kappa shape index (κ1) is 13.3. The molecule has 100 valence electrons. The van der Waals surface area contributed by atoms with Gasteiger partial charge in [-0.15, -0.1) is 5.10 Å². The Kier molecular flexibility index (Phi) is 3.38.